The van der Waals surface area contributed by atoms with Gasteiger partial charge in [-0.25, -0.2) is 5.06 Å². The van der Waals surface area contributed by atoms with Crippen molar-refractivity contribution in [3.05, 3.63) is 35.9 Å². The molecule has 1 aliphatic rings. The fraction of sp³-hybridized carbons (Fsp3) is 0.385. The van der Waals surface area contributed by atoms with Crippen molar-refractivity contribution in [1.82, 2.24) is 5.06 Å². The molecule has 1 amide bonds. The summed E-state index contributed by atoms with van der Waals surface area (Å²) in [5.41, 5.74) is 0.885. The second kappa shape index (κ2) is 5.64. The van der Waals surface area contributed by atoms with E-state index in [1.54, 1.807) is 30.3 Å². The first kappa shape index (κ1) is 12.6. The molecule has 2 rings (SSSR count). The van der Waals surface area contributed by atoms with Gasteiger partial charge in [0.1, 0.15) is 6.04 Å². The van der Waals surface area contributed by atoms with E-state index in [9.17, 15) is 10.0 Å². The molecule has 18 heavy (non-hydrogen) atoms. The van der Waals surface area contributed by atoms with Crippen molar-refractivity contribution in [3.8, 4) is 0 Å². The van der Waals surface area contributed by atoms with Crippen LogP contribution in [0.3, 0.4) is 0 Å². The number of nitrogens with zero attached hydrogens (tertiary/aromatic N) is 2. The Morgan fingerprint density at radius 1 is 1.28 bits per heavy atom. The molecule has 0 unspecified atom stereocenters. The molecule has 1 aliphatic carbocycles. The Labute approximate surface area is 105 Å². The summed E-state index contributed by atoms with van der Waals surface area (Å²) >= 11 is 0. The van der Waals surface area contributed by atoms with Crippen LogP contribution in [0, 0.1) is 0 Å². The molecule has 1 atom stereocenters. The van der Waals surface area contributed by atoms with Gasteiger partial charge in [-0.2, -0.15) is 0 Å². The molecule has 0 aliphatic heterocycles. The van der Waals surface area contributed by atoms with Gasteiger partial charge in [0, 0.05) is 5.56 Å². The third-order valence-corrected chi connectivity index (χ3v) is 3.20. The highest BCUT2D eigenvalue weighted by Gasteiger charge is 2.30. The van der Waals surface area contributed by atoms with Crippen molar-refractivity contribution in [2.24, 2.45) is 5.16 Å². The fourth-order valence-corrected chi connectivity index (χ4v) is 2.21. The average Bonchev–Trinajstić information content (AvgIpc) is 2.46. The lowest BCUT2D eigenvalue weighted by Crippen LogP contribution is -2.44. The predicted octanol–water partition coefficient (Wildman–Crippen LogP) is 2.29. The first-order valence-electron chi connectivity index (χ1n) is 6.02. The van der Waals surface area contributed by atoms with Gasteiger partial charge in [-0.15, -0.1) is 0 Å². The first-order valence-corrected chi connectivity index (χ1v) is 6.02. The first-order chi connectivity index (χ1) is 8.74. The number of amides is 1. The monoisotopic (exact) mass is 248 g/mol. The van der Waals surface area contributed by atoms with Gasteiger partial charge in [-0.1, -0.05) is 29.8 Å². The Morgan fingerprint density at radius 3 is 2.67 bits per heavy atom. The van der Waals surface area contributed by atoms with Crippen LogP contribution in [0.4, 0.5) is 0 Å². The summed E-state index contributed by atoms with van der Waals surface area (Å²) in [5, 5.41) is 22.8. The number of carbonyl (C=O) groups excluding carboxylic acids is 1. The smallest absolute Gasteiger partial charge is 0.277 e. The topological polar surface area (TPSA) is 73.1 Å². The Morgan fingerprint density at radius 2 is 2.00 bits per heavy atom. The quantitative estimate of drug-likeness (QED) is 0.479. The zero-order valence-corrected chi connectivity index (χ0v) is 9.99. The molecule has 1 saturated carbocycles. The van der Waals surface area contributed by atoms with E-state index < -0.39 is 11.9 Å². The van der Waals surface area contributed by atoms with Crippen molar-refractivity contribution < 1.29 is 15.2 Å². The average molecular weight is 248 g/mol. The number of benzene rings is 1. The summed E-state index contributed by atoms with van der Waals surface area (Å²) in [4.78, 5) is 12.0. The predicted molar refractivity (Wildman–Crippen MR) is 65.9 cm³/mol. The van der Waals surface area contributed by atoms with Crippen LogP contribution in [0.5, 0.6) is 0 Å². The molecule has 1 aromatic carbocycles. The van der Waals surface area contributed by atoms with Gasteiger partial charge in [-0.3, -0.25) is 10.0 Å². The van der Waals surface area contributed by atoms with Crippen LogP contribution >= 0.6 is 0 Å². The van der Waals surface area contributed by atoms with Crippen molar-refractivity contribution in [2.45, 2.75) is 31.7 Å². The second-order valence-corrected chi connectivity index (χ2v) is 4.37. The lowest BCUT2D eigenvalue weighted by atomic mass is 9.93. The molecule has 0 saturated heterocycles. The number of hydroxylamine groups is 2. The lowest BCUT2D eigenvalue weighted by molar-refractivity contribution is -0.0760. The van der Waals surface area contributed by atoms with Crippen LogP contribution in [0.1, 0.15) is 36.0 Å². The maximum atomic E-state index is 12.0. The van der Waals surface area contributed by atoms with Crippen LogP contribution in [0.15, 0.2) is 35.5 Å². The van der Waals surface area contributed by atoms with Gasteiger partial charge >= 0.3 is 0 Å². The standard InChI is InChI=1S/C13H16N2O3/c16-13(10-6-2-1-3-7-10)15(18)12-9-5-4-8-11(12)14-17/h1-3,6-7,12,17-18H,4-5,8-9H2/b14-11+/t12-/m1/s1. The van der Waals surface area contributed by atoms with E-state index in [0.29, 0.717) is 29.2 Å². The van der Waals surface area contributed by atoms with E-state index >= 15 is 0 Å². The summed E-state index contributed by atoms with van der Waals surface area (Å²) in [7, 11) is 0. The fourth-order valence-electron chi connectivity index (χ4n) is 2.21. The van der Waals surface area contributed by atoms with E-state index in [4.69, 9.17) is 5.21 Å². The van der Waals surface area contributed by atoms with Gasteiger partial charge in [0.05, 0.1) is 5.71 Å². The number of rotatable bonds is 2. The lowest BCUT2D eigenvalue weighted by Gasteiger charge is -2.29. The summed E-state index contributed by atoms with van der Waals surface area (Å²) in [6.45, 7) is 0. The molecule has 1 fully saturated rings. The molecule has 0 heterocycles. The summed E-state index contributed by atoms with van der Waals surface area (Å²) in [6.07, 6.45) is 3.06. The Bertz CT molecular complexity index is 445. The van der Waals surface area contributed by atoms with Crippen LogP contribution in [0.25, 0.3) is 0 Å². The molecule has 0 radical (unpaired) electrons. The van der Waals surface area contributed by atoms with Gasteiger partial charge in [0.2, 0.25) is 0 Å². The van der Waals surface area contributed by atoms with Crippen LogP contribution in [-0.2, 0) is 0 Å². The molecule has 0 spiro atoms. The minimum atomic E-state index is -0.517. The minimum absolute atomic E-state index is 0.419. The van der Waals surface area contributed by atoms with Crippen LogP contribution < -0.4 is 0 Å². The van der Waals surface area contributed by atoms with Crippen molar-refractivity contribution in [3.63, 3.8) is 0 Å². The van der Waals surface area contributed by atoms with Gasteiger partial charge < -0.3 is 5.21 Å². The highest BCUT2D eigenvalue weighted by atomic mass is 16.5. The highest BCUT2D eigenvalue weighted by molar-refractivity contribution is 5.98. The molecule has 5 heteroatoms. The van der Waals surface area contributed by atoms with Gasteiger partial charge in [0.15, 0.2) is 0 Å². The molecular weight excluding hydrogens is 232 g/mol. The van der Waals surface area contributed by atoms with E-state index in [2.05, 4.69) is 5.16 Å². The third-order valence-electron chi connectivity index (χ3n) is 3.20. The molecule has 2 N–H and O–H groups in total. The maximum absolute atomic E-state index is 12.0. The largest absolute Gasteiger partial charge is 0.411 e. The molecule has 1 aromatic rings. The van der Waals surface area contributed by atoms with Crippen molar-refractivity contribution in [2.75, 3.05) is 0 Å². The van der Waals surface area contributed by atoms with E-state index in [-0.39, 0.29) is 0 Å². The summed E-state index contributed by atoms with van der Waals surface area (Å²) < 4.78 is 0. The highest BCUT2D eigenvalue weighted by Crippen LogP contribution is 2.21. The van der Waals surface area contributed by atoms with Gasteiger partial charge in [0.25, 0.3) is 5.91 Å². The van der Waals surface area contributed by atoms with Crippen LogP contribution in [0.2, 0.25) is 0 Å². The van der Waals surface area contributed by atoms with Gasteiger partial charge in [-0.05, 0) is 31.4 Å². The van der Waals surface area contributed by atoms with Crippen molar-refractivity contribution in [1.29, 1.82) is 0 Å². The normalized spacial score (nSPS) is 21.8. The summed E-state index contributed by atoms with van der Waals surface area (Å²) in [6, 6.07) is 8.05. The Kier molecular flexibility index (Phi) is 3.94. The van der Waals surface area contributed by atoms with E-state index in [1.165, 1.54) is 0 Å². The number of oxime groups is 1. The Balaban J connectivity index is 2.15. The molecule has 5 nitrogen and oxygen atoms in total. The second-order valence-electron chi connectivity index (χ2n) is 4.37. The third kappa shape index (κ3) is 2.51. The Hall–Kier alpha value is -1.88. The zero-order valence-electron chi connectivity index (χ0n) is 9.99. The minimum Gasteiger partial charge on any atom is -0.411 e. The van der Waals surface area contributed by atoms with E-state index in [1.807, 2.05) is 0 Å². The molecule has 96 valence electrons. The SMILES string of the molecule is O=C(c1ccccc1)N(O)[C@@H]1CCCC/C1=N\O. The van der Waals surface area contributed by atoms with Crippen molar-refractivity contribution >= 4 is 11.6 Å². The number of carbonyl (C=O) groups is 1. The van der Waals surface area contributed by atoms with Crippen LogP contribution in [-0.4, -0.2) is 33.1 Å². The number of hydrogen-bond acceptors (Lipinski definition) is 4. The van der Waals surface area contributed by atoms with E-state index in [0.717, 1.165) is 12.8 Å². The summed E-state index contributed by atoms with van der Waals surface area (Å²) in [5.74, 6) is -0.469. The molecular formula is C13H16N2O3. The number of hydrogen-bond donors (Lipinski definition) is 2. The maximum Gasteiger partial charge on any atom is 0.277 e. The molecule has 0 bridgehead atoms. The zero-order chi connectivity index (χ0) is 13.0. The molecule has 0 aromatic heterocycles.